The molecule has 0 unspecified atom stereocenters. The van der Waals surface area contributed by atoms with E-state index in [1.165, 1.54) is 32.2 Å². The average molecular weight is 213 g/mol. The molecule has 15 heavy (non-hydrogen) atoms. The van der Waals surface area contributed by atoms with Gasteiger partial charge in [0.15, 0.2) is 0 Å². The van der Waals surface area contributed by atoms with Crippen molar-refractivity contribution in [2.45, 2.75) is 58.6 Å². The lowest BCUT2D eigenvalue weighted by Gasteiger charge is -2.41. The van der Waals surface area contributed by atoms with Crippen molar-refractivity contribution in [2.75, 3.05) is 20.2 Å². The molecule has 2 heteroatoms. The molecule has 1 fully saturated rings. The van der Waals surface area contributed by atoms with Crippen LogP contribution in [0.4, 0.5) is 0 Å². The van der Waals surface area contributed by atoms with E-state index < -0.39 is 0 Å². The molecule has 0 heterocycles. The Morgan fingerprint density at radius 2 is 2.00 bits per heavy atom. The van der Waals surface area contributed by atoms with Gasteiger partial charge in [-0.1, -0.05) is 27.2 Å². The lowest BCUT2D eigenvalue weighted by molar-refractivity contribution is -0.0477. The van der Waals surface area contributed by atoms with Gasteiger partial charge in [0, 0.05) is 19.2 Å². The van der Waals surface area contributed by atoms with Crippen LogP contribution in [0.3, 0.4) is 0 Å². The second-order valence-electron chi connectivity index (χ2n) is 5.31. The van der Waals surface area contributed by atoms with E-state index in [0.717, 1.165) is 18.6 Å². The van der Waals surface area contributed by atoms with Gasteiger partial charge in [-0.25, -0.2) is 0 Å². The van der Waals surface area contributed by atoms with Crippen LogP contribution >= 0.6 is 0 Å². The minimum absolute atomic E-state index is 0.552. The molecule has 90 valence electrons. The number of hydrogen-bond acceptors (Lipinski definition) is 2. The first-order chi connectivity index (χ1) is 7.13. The van der Waals surface area contributed by atoms with Crippen LogP contribution in [-0.4, -0.2) is 37.2 Å². The maximum Gasteiger partial charge on any atom is 0.0605 e. The third kappa shape index (κ3) is 4.52. The van der Waals surface area contributed by atoms with Crippen molar-refractivity contribution in [3.63, 3.8) is 0 Å². The zero-order valence-corrected chi connectivity index (χ0v) is 10.8. The van der Waals surface area contributed by atoms with Gasteiger partial charge in [-0.3, -0.25) is 0 Å². The molecule has 0 bridgehead atoms. The summed E-state index contributed by atoms with van der Waals surface area (Å²) in [5.41, 5.74) is 0. The third-order valence-electron chi connectivity index (χ3n) is 3.20. The maximum absolute atomic E-state index is 5.78. The first-order valence-electron chi connectivity index (χ1n) is 6.45. The number of hydrogen-bond donors (Lipinski definition) is 0. The van der Waals surface area contributed by atoms with Gasteiger partial charge < -0.3 is 9.64 Å². The summed E-state index contributed by atoms with van der Waals surface area (Å²) in [6, 6.07) is 0.777. The van der Waals surface area contributed by atoms with Gasteiger partial charge in [-0.05, 0) is 32.2 Å². The summed E-state index contributed by atoms with van der Waals surface area (Å²) >= 11 is 0. The largest absolute Gasteiger partial charge is 0.378 e. The fourth-order valence-corrected chi connectivity index (χ4v) is 2.15. The Morgan fingerprint density at radius 1 is 1.33 bits per heavy atom. The molecule has 0 N–H and O–H groups in total. The van der Waals surface area contributed by atoms with Crippen molar-refractivity contribution in [1.29, 1.82) is 0 Å². The highest BCUT2D eigenvalue weighted by Crippen LogP contribution is 2.28. The van der Waals surface area contributed by atoms with Gasteiger partial charge in [0.25, 0.3) is 0 Å². The summed E-state index contributed by atoms with van der Waals surface area (Å²) in [6.45, 7) is 8.95. The molecule has 0 radical (unpaired) electrons. The van der Waals surface area contributed by atoms with Crippen molar-refractivity contribution < 1.29 is 4.74 Å². The van der Waals surface area contributed by atoms with E-state index in [9.17, 15) is 0 Å². The summed E-state index contributed by atoms with van der Waals surface area (Å²) in [4.78, 5) is 2.49. The van der Waals surface area contributed by atoms with Crippen LogP contribution in [0.25, 0.3) is 0 Å². The topological polar surface area (TPSA) is 12.5 Å². The van der Waals surface area contributed by atoms with Crippen LogP contribution in [-0.2, 0) is 4.74 Å². The molecular formula is C13H27NO. The molecule has 1 rings (SSSR count). The molecule has 1 aliphatic rings. The predicted molar refractivity (Wildman–Crippen MR) is 65.1 cm³/mol. The van der Waals surface area contributed by atoms with Crippen molar-refractivity contribution in [3.8, 4) is 0 Å². The molecule has 0 amide bonds. The second-order valence-corrected chi connectivity index (χ2v) is 5.31. The van der Waals surface area contributed by atoms with Gasteiger partial charge in [0.2, 0.25) is 0 Å². The molecule has 1 aliphatic carbocycles. The molecule has 1 saturated carbocycles. The Labute approximate surface area is 95.0 Å². The summed E-state index contributed by atoms with van der Waals surface area (Å²) in [6.07, 6.45) is 5.49. The Balaban J connectivity index is 2.03. The lowest BCUT2D eigenvalue weighted by atomic mass is 9.87. The van der Waals surface area contributed by atoms with Crippen molar-refractivity contribution in [2.24, 2.45) is 5.92 Å². The highest BCUT2D eigenvalue weighted by atomic mass is 16.5. The van der Waals surface area contributed by atoms with Crippen LogP contribution in [0, 0.1) is 5.92 Å². The van der Waals surface area contributed by atoms with Crippen LogP contribution in [0.2, 0.25) is 0 Å². The molecule has 0 aromatic heterocycles. The Hall–Kier alpha value is -0.0800. The van der Waals surface area contributed by atoms with E-state index in [2.05, 4.69) is 32.7 Å². The SMILES string of the molecule is CCCCOC1CC(N(C)CC(C)C)C1. The van der Waals surface area contributed by atoms with Gasteiger partial charge in [-0.15, -0.1) is 0 Å². The minimum atomic E-state index is 0.552. The quantitative estimate of drug-likeness (QED) is 0.603. The molecule has 0 aliphatic heterocycles. The number of unbranched alkanes of at least 4 members (excludes halogenated alkanes) is 1. The van der Waals surface area contributed by atoms with E-state index in [-0.39, 0.29) is 0 Å². The molecule has 0 spiro atoms. The standard InChI is InChI=1S/C13H27NO/c1-5-6-7-15-13-8-12(9-13)14(4)10-11(2)3/h11-13H,5-10H2,1-4H3. The molecular weight excluding hydrogens is 186 g/mol. The summed E-state index contributed by atoms with van der Waals surface area (Å²) in [5.74, 6) is 0.773. The monoisotopic (exact) mass is 213 g/mol. The van der Waals surface area contributed by atoms with Crippen LogP contribution in [0.15, 0.2) is 0 Å². The van der Waals surface area contributed by atoms with E-state index in [0.29, 0.717) is 6.10 Å². The minimum Gasteiger partial charge on any atom is -0.378 e. The molecule has 0 atom stereocenters. The fraction of sp³-hybridized carbons (Fsp3) is 1.00. The fourth-order valence-electron chi connectivity index (χ4n) is 2.15. The number of rotatable bonds is 7. The van der Waals surface area contributed by atoms with Gasteiger partial charge >= 0.3 is 0 Å². The summed E-state index contributed by atoms with van der Waals surface area (Å²) in [5, 5.41) is 0. The van der Waals surface area contributed by atoms with E-state index >= 15 is 0 Å². The lowest BCUT2D eigenvalue weighted by Crippen LogP contribution is -2.47. The smallest absolute Gasteiger partial charge is 0.0605 e. The zero-order valence-electron chi connectivity index (χ0n) is 10.8. The molecule has 2 nitrogen and oxygen atoms in total. The maximum atomic E-state index is 5.78. The second kappa shape index (κ2) is 6.49. The Kier molecular flexibility index (Phi) is 5.62. The molecule has 0 saturated heterocycles. The Morgan fingerprint density at radius 3 is 2.53 bits per heavy atom. The first-order valence-corrected chi connectivity index (χ1v) is 6.45. The van der Waals surface area contributed by atoms with Crippen molar-refractivity contribution in [1.82, 2.24) is 4.90 Å². The molecule has 0 aromatic rings. The summed E-state index contributed by atoms with van der Waals surface area (Å²) < 4.78 is 5.78. The highest BCUT2D eigenvalue weighted by Gasteiger charge is 2.32. The van der Waals surface area contributed by atoms with Crippen LogP contribution in [0.5, 0.6) is 0 Å². The highest BCUT2D eigenvalue weighted by molar-refractivity contribution is 4.87. The van der Waals surface area contributed by atoms with E-state index in [1.54, 1.807) is 0 Å². The first kappa shape index (κ1) is 13.0. The number of nitrogens with zero attached hydrogens (tertiary/aromatic N) is 1. The zero-order chi connectivity index (χ0) is 11.3. The van der Waals surface area contributed by atoms with Gasteiger partial charge in [0.05, 0.1) is 6.10 Å². The van der Waals surface area contributed by atoms with E-state index in [1.807, 2.05) is 0 Å². The third-order valence-corrected chi connectivity index (χ3v) is 3.20. The summed E-state index contributed by atoms with van der Waals surface area (Å²) in [7, 11) is 2.24. The van der Waals surface area contributed by atoms with Crippen molar-refractivity contribution in [3.05, 3.63) is 0 Å². The van der Waals surface area contributed by atoms with Crippen LogP contribution in [0.1, 0.15) is 46.5 Å². The Bertz CT molecular complexity index is 164. The van der Waals surface area contributed by atoms with Gasteiger partial charge in [-0.2, -0.15) is 0 Å². The van der Waals surface area contributed by atoms with Crippen LogP contribution < -0.4 is 0 Å². The normalized spacial score (nSPS) is 26.0. The average Bonchev–Trinajstić information content (AvgIpc) is 2.07. The number of ether oxygens (including phenoxy) is 1. The predicted octanol–water partition coefficient (Wildman–Crippen LogP) is 2.92. The molecule has 0 aromatic carbocycles. The van der Waals surface area contributed by atoms with Crippen molar-refractivity contribution >= 4 is 0 Å². The van der Waals surface area contributed by atoms with E-state index in [4.69, 9.17) is 4.74 Å². The van der Waals surface area contributed by atoms with Gasteiger partial charge in [0.1, 0.15) is 0 Å².